The van der Waals surface area contributed by atoms with E-state index in [0.717, 1.165) is 11.8 Å². The monoisotopic (exact) mass is 219 g/mol. The van der Waals surface area contributed by atoms with Crippen molar-refractivity contribution in [3.63, 3.8) is 0 Å². The smallest absolute Gasteiger partial charge is 0.221 e. The highest BCUT2D eigenvalue weighted by Crippen LogP contribution is 2.27. The second-order valence-electron chi connectivity index (χ2n) is 4.85. The molecule has 0 aliphatic heterocycles. The van der Waals surface area contributed by atoms with Crippen LogP contribution in [0.3, 0.4) is 0 Å². The molecule has 1 N–H and O–H groups in total. The molecular weight excluding hydrogens is 202 g/mol. The van der Waals surface area contributed by atoms with Crippen LogP contribution in [0.15, 0.2) is 18.2 Å². The molecule has 0 saturated heterocycles. The Kier molecular flexibility index (Phi) is 3.48. The number of aldehydes is 1. The molecule has 86 valence electrons. The molecule has 1 rings (SSSR count). The first kappa shape index (κ1) is 12.4. The normalized spacial score (nSPS) is 11.0. The third-order valence-electron chi connectivity index (χ3n) is 2.31. The summed E-state index contributed by atoms with van der Waals surface area (Å²) in [5, 5.41) is 2.66. The third kappa shape index (κ3) is 2.92. The molecule has 3 nitrogen and oxygen atoms in total. The molecule has 1 aromatic rings. The molecule has 1 amide bonds. The molecule has 0 radical (unpaired) electrons. The largest absolute Gasteiger partial charge is 0.326 e. The molecule has 0 saturated carbocycles. The van der Waals surface area contributed by atoms with Crippen LogP contribution in [0.1, 0.15) is 43.6 Å². The van der Waals surface area contributed by atoms with Crippen molar-refractivity contribution in [2.24, 2.45) is 0 Å². The predicted octanol–water partition coefficient (Wildman–Crippen LogP) is 2.76. The van der Waals surface area contributed by atoms with Gasteiger partial charge in [0.2, 0.25) is 5.91 Å². The van der Waals surface area contributed by atoms with Crippen molar-refractivity contribution < 1.29 is 9.59 Å². The summed E-state index contributed by atoms with van der Waals surface area (Å²) in [5.41, 5.74) is 2.18. The average molecular weight is 219 g/mol. The van der Waals surface area contributed by atoms with Gasteiger partial charge in [-0.15, -0.1) is 0 Å². The van der Waals surface area contributed by atoms with Crippen LogP contribution >= 0.6 is 0 Å². The van der Waals surface area contributed by atoms with Gasteiger partial charge in [0.15, 0.2) is 0 Å². The zero-order valence-corrected chi connectivity index (χ0v) is 10.1. The number of rotatable bonds is 2. The zero-order valence-electron chi connectivity index (χ0n) is 10.1. The van der Waals surface area contributed by atoms with Crippen molar-refractivity contribution in [1.29, 1.82) is 0 Å². The fraction of sp³-hybridized carbons (Fsp3) is 0.385. The quantitative estimate of drug-likeness (QED) is 0.777. The minimum atomic E-state index is -0.139. The summed E-state index contributed by atoms with van der Waals surface area (Å²) in [5.74, 6) is -0.139. The Bertz CT molecular complexity index is 416. The molecule has 0 fully saturated rings. The van der Waals surface area contributed by atoms with Crippen molar-refractivity contribution in [2.75, 3.05) is 5.32 Å². The van der Waals surface area contributed by atoms with E-state index < -0.39 is 0 Å². The highest BCUT2D eigenvalue weighted by molar-refractivity contribution is 5.90. The van der Waals surface area contributed by atoms with E-state index in [0.29, 0.717) is 11.3 Å². The number of anilines is 1. The number of carbonyl (C=O) groups excluding carboxylic acids is 2. The van der Waals surface area contributed by atoms with Gasteiger partial charge in [0, 0.05) is 18.2 Å². The topological polar surface area (TPSA) is 46.2 Å². The van der Waals surface area contributed by atoms with E-state index in [4.69, 9.17) is 0 Å². The molecule has 0 spiro atoms. The van der Waals surface area contributed by atoms with Crippen LogP contribution in [0, 0.1) is 0 Å². The lowest BCUT2D eigenvalue weighted by molar-refractivity contribution is -0.114. The van der Waals surface area contributed by atoms with Crippen LogP contribution in [0.2, 0.25) is 0 Å². The van der Waals surface area contributed by atoms with Gasteiger partial charge >= 0.3 is 0 Å². The maximum atomic E-state index is 11.0. The van der Waals surface area contributed by atoms with Crippen LogP contribution in [-0.4, -0.2) is 12.2 Å². The fourth-order valence-electron chi connectivity index (χ4n) is 1.62. The minimum absolute atomic E-state index is 0.0784. The Balaban J connectivity index is 3.17. The second kappa shape index (κ2) is 4.47. The summed E-state index contributed by atoms with van der Waals surface area (Å²) in [6.45, 7) is 7.59. The Morgan fingerprint density at radius 3 is 2.38 bits per heavy atom. The van der Waals surface area contributed by atoms with Crippen LogP contribution in [0.25, 0.3) is 0 Å². The van der Waals surface area contributed by atoms with Gasteiger partial charge in [-0.25, -0.2) is 0 Å². The van der Waals surface area contributed by atoms with E-state index in [1.54, 1.807) is 6.07 Å². The van der Waals surface area contributed by atoms with E-state index in [1.807, 2.05) is 32.9 Å². The molecular formula is C13H17NO2. The molecule has 0 unspecified atom stereocenters. The van der Waals surface area contributed by atoms with Gasteiger partial charge in [0.05, 0.1) is 0 Å². The molecule has 0 aromatic heterocycles. The molecule has 0 aliphatic carbocycles. The van der Waals surface area contributed by atoms with Crippen molar-refractivity contribution >= 4 is 17.9 Å². The van der Waals surface area contributed by atoms with Gasteiger partial charge in [-0.1, -0.05) is 26.8 Å². The number of hydrogen-bond acceptors (Lipinski definition) is 2. The third-order valence-corrected chi connectivity index (χ3v) is 2.31. The fourth-order valence-corrected chi connectivity index (χ4v) is 1.62. The van der Waals surface area contributed by atoms with Crippen LogP contribution < -0.4 is 5.32 Å². The SMILES string of the molecule is CC(=O)Nc1ccc(C(C)(C)C)c(C=O)c1. The molecule has 16 heavy (non-hydrogen) atoms. The lowest BCUT2D eigenvalue weighted by Crippen LogP contribution is -2.15. The molecule has 0 heterocycles. The molecule has 3 heteroatoms. The molecule has 0 aliphatic rings. The Morgan fingerprint density at radius 1 is 1.31 bits per heavy atom. The molecule has 0 bridgehead atoms. The Labute approximate surface area is 95.9 Å². The van der Waals surface area contributed by atoms with Gasteiger partial charge in [-0.05, 0) is 23.1 Å². The van der Waals surface area contributed by atoms with Gasteiger partial charge in [0.1, 0.15) is 6.29 Å². The van der Waals surface area contributed by atoms with Gasteiger partial charge < -0.3 is 5.32 Å². The van der Waals surface area contributed by atoms with Gasteiger partial charge in [-0.3, -0.25) is 9.59 Å². The number of amides is 1. The van der Waals surface area contributed by atoms with E-state index in [2.05, 4.69) is 5.32 Å². The average Bonchev–Trinajstić information content (AvgIpc) is 2.14. The van der Waals surface area contributed by atoms with Crippen molar-refractivity contribution in [3.8, 4) is 0 Å². The molecule has 0 atom stereocenters. The lowest BCUT2D eigenvalue weighted by atomic mass is 9.84. The number of benzene rings is 1. The number of carbonyl (C=O) groups is 2. The predicted molar refractivity (Wildman–Crippen MR) is 64.8 cm³/mol. The lowest BCUT2D eigenvalue weighted by Gasteiger charge is -2.21. The first-order valence-electron chi connectivity index (χ1n) is 5.22. The van der Waals surface area contributed by atoms with E-state index >= 15 is 0 Å². The van der Waals surface area contributed by atoms with E-state index in [1.165, 1.54) is 6.92 Å². The zero-order chi connectivity index (χ0) is 12.3. The summed E-state index contributed by atoms with van der Waals surface area (Å²) in [7, 11) is 0. The van der Waals surface area contributed by atoms with Crippen molar-refractivity contribution in [3.05, 3.63) is 29.3 Å². The number of hydrogen-bond donors (Lipinski definition) is 1. The standard InChI is InChI=1S/C13H17NO2/c1-9(16)14-11-5-6-12(13(2,3)4)10(7-11)8-15/h5-8H,1-4H3,(H,14,16). The first-order chi connectivity index (χ1) is 7.34. The van der Waals surface area contributed by atoms with E-state index in [-0.39, 0.29) is 11.3 Å². The molecule has 1 aromatic carbocycles. The summed E-state index contributed by atoms with van der Waals surface area (Å²) < 4.78 is 0. The number of nitrogens with one attached hydrogen (secondary N) is 1. The Hall–Kier alpha value is -1.64. The highest BCUT2D eigenvalue weighted by atomic mass is 16.1. The maximum absolute atomic E-state index is 11.0. The Morgan fingerprint density at radius 2 is 1.94 bits per heavy atom. The minimum Gasteiger partial charge on any atom is -0.326 e. The summed E-state index contributed by atoms with van der Waals surface area (Å²) in [6.07, 6.45) is 0.825. The highest BCUT2D eigenvalue weighted by Gasteiger charge is 2.17. The van der Waals surface area contributed by atoms with Gasteiger partial charge in [-0.2, -0.15) is 0 Å². The van der Waals surface area contributed by atoms with Crippen molar-refractivity contribution in [1.82, 2.24) is 0 Å². The summed E-state index contributed by atoms with van der Waals surface area (Å²) in [4.78, 5) is 21.9. The summed E-state index contributed by atoms with van der Waals surface area (Å²) >= 11 is 0. The van der Waals surface area contributed by atoms with Crippen LogP contribution in [0.4, 0.5) is 5.69 Å². The van der Waals surface area contributed by atoms with Crippen molar-refractivity contribution in [2.45, 2.75) is 33.1 Å². The second-order valence-corrected chi connectivity index (χ2v) is 4.85. The van der Waals surface area contributed by atoms with E-state index in [9.17, 15) is 9.59 Å². The summed E-state index contributed by atoms with van der Waals surface area (Å²) in [6, 6.07) is 5.40. The maximum Gasteiger partial charge on any atom is 0.221 e. The van der Waals surface area contributed by atoms with Crippen LogP contribution in [0.5, 0.6) is 0 Å². The van der Waals surface area contributed by atoms with Gasteiger partial charge in [0.25, 0.3) is 0 Å². The van der Waals surface area contributed by atoms with Crippen LogP contribution in [-0.2, 0) is 10.2 Å². The first-order valence-corrected chi connectivity index (χ1v) is 5.22.